The minimum atomic E-state index is -3.18. The summed E-state index contributed by atoms with van der Waals surface area (Å²) in [6, 6.07) is 11.1. The Kier molecular flexibility index (Phi) is 4.94. The quantitative estimate of drug-likeness (QED) is 0.634. The predicted molar refractivity (Wildman–Crippen MR) is 96.2 cm³/mol. The monoisotopic (exact) mass is 360 g/mol. The molecular weight excluding hydrogens is 340 g/mol. The van der Waals surface area contributed by atoms with Crippen molar-refractivity contribution in [3.05, 3.63) is 59.7 Å². The molecule has 0 aliphatic carbocycles. The van der Waals surface area contributed by atoms with Gasteiger partial charge in [0.15, 0.2) is 15.6 Å². The molecule has 0 saturated carbocycles. The number of H-pyrrole nitrogens is 1. The molecule has 3 rings (SSSR count). The fourth-order valence-corrected chi connectivity index (χ4v) is 3.41. The van der Waals surface area contributed by atoms with Gasteiger partial charge >= 0.3 is 0 Å². The first-order chi connectivity index (χ1) is 11.9. The summed E-state index contributed by atoms with van der Waals surface area (Å²) in [5.41, 5.74) is 2.33. The number of aryl methyl sites for hydroxylation is 1. The minimum absolute atomic E-state index is 0.130. The second-order valence-corrected chi connectivity index (χ2v) is 8.20. The zero-order valence-corrected chi connectivity index (χ0v) is 14.7. The molecule has 1 amide bonds. The third kappa shape index (κ3) is 4.51. The van der Waals surface area contributed by atoms with E-state index in [1.807, 2.05) is 24.4 Å². The Morgan fingerprint density at radius 2 is 2.00 bits per heavy atom. The number of rotatable bonds is 7. The van der Waals surface area contributed by atoms with Crippen molar-refractivity contribution < 1.29 is 17.6 Å². The molecule has 0 unspecified atom stereocenters. The number of aromatic amines is 1. The van der Waals surface area contributed by atoms with Gasteiger partial charge in [-0.3, -0.25) is 4.79 Å². The van der Waals surface area contributed by atoms with Crippen molar-refractivity contribution in [3.8, 4) is 0 Å². The lowest BCUT2D eigenvalue weighted by molar-refractivity contribution is 0.0924. The SMILES string of the molecule is CS(=O)(=O)Cc1ccc(C(=O)NCCCc2c[nH]c3ccccc23)o1. The average Bonchev–Trinajstić information content (AvgIpc) is 3.17. The first-order valence-electron chi connectivity index (χ1n) is 8.02. The maximum atomic E-state index is 12.0. The van der Waals surface area contributed by atoms with Crippen LogP contribution in [0.2, 0.25) is 0 Å². The first kappa shape index (κ1) is 17.3. The van der Waals surface area contributed by atoms with E-state index in [0.29, 0.717) is 6.54 Å². The summed E-state index contributed by atoms with van der Waals surface area (Å²) in [5.74, 6) is -0.142. The van der Waals surface area contributed by atoms with E-state index in [9.17, 15) is 13.2 Å². The third-order valence-corrected chi connectivity index (χ3v) is 4.68. The number of carbonyl (C=O) groups is 1. The molecule has 0 atom stereocenters. The summed E-state index contributed by atoms with van der Waals surface area (Å²) in [7, 11) is -3.18. The lowest BCUT2D eigenvalue weighted by Crippen LogP contribution is -2.24. The Morgan fingerprint density at radius 1 is 1.20 bits per heavy atom. The first-order valence-corrected chi connectivity index (χ1v) is 10.1. The normalized spacial score (nSPS) is 11.7. The standard InChI is InChI=1S/C18H20N2O4S/c1-25(22,23)12-14-8-9-17(24-14)18(21)19-10-4-5-13-11-20-16-7-3-2-6-15(13)16/h2-3,6-9,11,20H,4-5,10,12H2,1H3,(H,19,21). The minimum Gasteiger partial charge on any atom is -0.455 e. The van der Waals surface area contributed by atoms with E-state index in [0.717, 1.165) is 24.6 Å². The number of hydrogen-bond acceptors (Lipinski definition) is 4. The molecule has 2 heterocycles. The maximum absolute atomic E-state index is 12.0. The number of sulfone groups is 1. The van der Waals surface area contributed by atoms with Gasteiger partial charge in [-0.25, -0.2) is 8.42 Å². The fourth-order valence-electron chi connectivity index (χ4n) is 2.74. The Balaban J connectivity index is 1.50. The van der Waals surface area contributed by atoms with Gasteiger partial charge < -0.3 is 14.7 Å². The Morgan fingerprint density at radius 3 is 2.80 bits per heavy atom. The number of benzene rings is 1. The topological polar surface area (TPSA) is 92.2 Å². The number of para-hydroxylation sites is 1. The zero-order chi connectivity index (χ0) is 17.9. The Labute approximate surface area is 146 Å². The Hall–Kier alpha value is -2.54. The molecule has 7 heteroatoms. The van der Waals surface area contributed by atoms with Gasteiger partial charge in [-0.1, -0.05) is 18.2 Å². The van der Waals surface area contributed by atoms with Crippen molar-refractivity contribution in [2.75, 3.05) is 12.8 Å². The lowest BCUT2D eigenvalue weighted by Gasteiger charge is -2.03. The number of amides is 1. The highest BCUT2D eigenvalue weighted by Gasteiger charge is 2.13. The molecule has 6 nitrogen and oxygen atoms in total. The van der Waals surface area contributed by atoms with Crippen LogP contribution in [-0.2, 0) is 22.0 Å². The zero-order valence-electron chi connectivity index (χ0n) is 13.9. The van der Waals surface area contributed by atoms with Gasteiger partial charge in [0.1, 0.15) is 11.5 Å². The summed E-state index contributed by atoms with van der Waals surface area (Å²) in [5, 5.41) is 3.99. The van der Waals surface area contributed by atoms with Gasteiger partial charge in [0, 0.05) is 29.9 Å². The molecule has 0 saturated heterocycles. The summed E-state index contributed by atoms with van der Waals surface area (Å²) >= 11 is 0. The van der Waals surface area contributed by atoms with Crippen molar-refractivity contribution >= 4 is 26.6 Å². The van der Waals surface area contributed by atoms with Crippen molar-refractivity contribution in [2.45, 2.75) is 18.6 Å². The maximum Gasteiger partial charge on any atom is 0.286 e. The number of fused-ring (bicyclic) bond motifs is 1. The lowest BCUT2D eigenvalue weighted by atomic mass is 10.1. The number of carbonyl (C=O) groups excluding carboxylic acids is 1. The largest absolute Gasteiger partial charge is 0.455 e. The highest BCUT2D eigenvalue weighted by Crippen LogP contribution is 2.18. The Bertz CT molecular complexity index is 985. The molecule has 132 valence electrons. The number of hydrogen-bond donors (Lipinski definition) is 2. The molecule has 2 N–H and O–H groups in total. The molecule has 0 fully saturated rings. The van der Waals surface area contributed by atoms with Crippen molar-refractivity contribution in [1.29, 1.82) is 0 Å². The molecule has 0 aliphatic rings. The predicted octanol–water partition coefficient (Wildman–Crippen LogP) is 2.67. The van der Waals surface area contributed by atoms with Gasteiger partial charge in [-0.05, 0) is 36.6 Å². The van der Waals surface area contributed by atoms with Gasteiger partial charge in [0.05, 0.1) is 0 Å². The van der Waals surface area contributed by atoms with E-state index in [1.54, 1.807) is 0 Å². The molecule has 1 aromatic carbocycles. The van der Waals surface area contributed by atoms with E-state index >= 15 is 0 Å². The van der Waals surface area contributed by atoms with Crippen LogP contribution < -0.4 is 5.32 Å². The van der Waals surface area contributed by atoms with Crippen LogP contribution in [0.3, 0.4) is 0 Å². The van der Waals surface area contributed by atoms with Gasteiger partial charge in [0.2, 0.25) is 0 Å². The molecule has 0 aliphatic heterocycles. The van der Waals surface area contributed by atoms with Crippen LogP contribution in [-0.4, -0.2) is 32.1 Å². The van der Waals surface area contributed by atoms with Crippen LogP contribution in [0.5, 0.6) is 0 Å². The second kappa shape index (κ2) is 7.14. The third-order valence-electron chi connectivity index (χ3n) is 3.87. The second-order valence-electron chi connectivity index (χ2n) is 6.06. The van der Waals surface area contributed by atoms with Crippen LogP contribution in [0.1, 0.15) is 28.3 Å². The van der Waals surface area contributed by atoms with E-state index in [4.69, 9.17) is 4.42 Å². The molecule has 0 radical (unpaired) electrons. The highest BCUT2D eigenvalue weighted by atomic mass is 32.2. The van der Waals surface area contributed by atoms with Crippen molar-refractivity contribution in [2.24, 2.45) is 0 Å². The highest BCUT2D eigenvalue weighted by molar-refractivity contribution is 7.89. The van der Waals surface area contributed by atoms with Crippen molar-refractivity contribution in [3.63, 3.8) is 0 Å². The van der Waals surface area contributed by atoms with E-state index in [-0.39, 0.29) is 23.2 Å². The van der Waals surface area contributed by atoms with Gasteiger partial charge in [-0.2, -0.15) is 0 Å². The number of nitrogens with one attached hydrogen (secondary N) is 2. The van der Waals surface area contributed by atoms with E-state index in [2.05, 4.69) is 16.4 Å². The smallest absolute Gasteiger partial charge is 0.286 e. The summed E-state index contributed by atoms with van der Waals surface area (Å²) in [6.45, 7) is 0.514. The van der Waals surface area contributed by atoms with Crippen LogP contribution in [0, 0.1) is 0 Å². The van der Waals surface area contributed by atoms with E-state index < -0.39 is 9.84 Å². The summed E-state index contributed by atoms with van der Waals surface area (Å²) in [4.78, 5) is 15.3. The molecule has 0 bridgehead atoms. The summed E-state index contributed by atoms with van der Waals surface area (Å²) < 4.78 is 27.8. The molecule has 3 aromatic rings. The van der Waals surface area contributed by atoms with Crippen LogP contribution in [0.15, 0.2) is 47.0 Å². The number of furan rings is 1. The summed E-state index contributed by atoms with van der Waals surface area (Å²) in [6.07, 6.45) is 4.77. The number of aromatic nitrogens is 1. The molecule has 2 aromatic heterocycles. The van der Waals surface area contributed by atoms with Crippen LogP contribution >= 0.6 is 0 Å². The van der Waals surface area contributed by atoms with Crippen molar-refractivity contribution in [1.82, 2.24) is 10.3 Å². The van der Waals surface area contributed by atoms with Gasteiger partial charge in [-0.15, -0.1) is 0 Å². The van der Waals surface area contributed by atoms with Crippen LogP contribution in [0.25, 0.3) is 10.9 Å². The van der Waals surface area contributed by atoms with Gasteiger partial charge in [0.25, 0.3) is 5.91 Å². The molecule has 25 heavy (non-hydrogen) atoms. The molecule has 0 spiro atoms. The molecular formula is C18H20N2O4S. The average molecular weight is 360 g/mol. The van der Waals surface area contributed by atoms with E-state index in [1.165, 1.54) is 23.1 Å². The van der Waals surface area contributed by atoms with Crippen LogP contribution in [0.4, 0.5) is 0 Å². The fraction of sp³-hybridized carbons (Fsp3) is 0.278.